The SMILES string of the molecule is COC1CC(N2CC3CCCCN3CC2C)C1. The lowest BCUT2D eigenvalue weighted by Crippen LogP contribution is -2.63. The number of piperidine rings is 1. The van der Waals surface area contributed by atoms with E-state index in [4.69, 9.17) is 4.74 Å². The summed E-state index contributed by atoms with van der Waals surface area (Å²) < 4.78 is 5.41. The summed E-state index contributed by atoms with van der Waals surface area (Å²) in [6.07, 6.45) is 7.33. The number of piperazine rings is 1. The van der Waals surface area contributed by atoms with E-state index in [1.165, 1.54) is 51.7 Å². The van der Waals surface area contributed by atoms with E-state index in [2.05, 4.69) is 16.7 Å². The quantitative estimate of drug-likeness (QED) is 0.728. The molecule has 3 rings (SSSR count). The van der Waals surface area contributed by atoms with Gasteiger partial charge in [-0.25, -0.2) is 0 Å². The molecule has 0 spiro atoms. The summed E-state index contributed by atoms with van der Waals surface area (Å²) in [5.74, 6) is 0. The van der Waals surface area contributed by atoms with Crippen LogP contribution in [0.4, 0.5) is 0 Å². The fourth-order valence-corrected chi connectivity index (χ4v) is 3.88. The monoisotopic (exact) mass is 238 g/mol. The molecular weight excluding hydrogens is 212 g/mol. The van der Waals surface area contributed by atoms with Crippen molar-refractivity contribution < 1.29 is 4.74 Å². The van der Waals surface area contributed by atoms with E-state index in [0.29, 0.717) is 6.10 Å². The highest BCUT2D eigenvalue weighted by Gasteiger charge is 2.41. The van der Waals surface area contributed by atoms with Crippen LogP contribution in [0.1, 0.15) is 39.0 Å². The van der Waals surface area contributed by atoms with E-state index in [1.54, 1.807) is 0 Å². The molecule has 1 saturated carbocycles. The summed E-state index contributed by atoms with van der Waals surface area (Å²) in [5, 5.41) is 0. The van der Waals surface area contributed by atoms with Gasteiger partial charge < -0.3 is 4.74 Å². The molecule has 2 unspecified atom stereocenters. The van der Waals surface area contributed by atoms with Gasteiger partial charge in [-0.1, -0.05) is 6.42 Å². The highest BCUT2D eigenvalue weighted by molar-refractivity contribution is 4.96. The van der Waals surface area contributed by atoms with Gasteiger partial charge in [0.15, 0.2) is 0 Å². The fourth-order valence-electron chi connectivity index (χ4n) is 3.88. The summed E-state index contributed by atoms with van der Waals surface area (Å²) in [6.45, 7) is 6.35. The Kier molecular flexibility index (Phi) is 3.42. The molecule has 0 aromatic rings. The van der Waals surface area contributed by atoms with E-state index in [9.17, 15) is 0 Å². The second kappa shape index (κ2) is 4.87. The molecule has 98 valence electrons. The molecule has 0 aromatic heterocycles. The van der Waals surface area contributed by atoms with Crippen molar-refractivity contribution in [3.63, 3.8) is 0 Å². The molecule has 3 fully saturated rings. The van der Waals surface area contributed by atoms with Crippen LogP contribution in [0.25, 0.3) is 0 Å². The molecule has 1 aliphatic carbocycles. The average molecular weight is 238 g/mol. The van der Waals surface area contributed by atoms with Gasteiger partial charge in [-0.05, 0) is 39.2 Å². The van der Waals surface area contributed by atoms with Crippen molar-refractivity contribution in [3.8, 4) is 0 Å². The number of methoxy groups -OCH3 is 1. The molecule has 0 bridgehead atoms. The average Bonchev–Trinajstić information content (AvgIpc) is 2.28. The normalized spacial score (nSPS) is 44.1. The molecule has 3 nitrogen and oxygen atoms in total. The molecule has 0 radical (unpaired) electrons. The standard InChI is InChI=1S/C14H26N2O/c1-11-9-15-6-4-3-5-12(15)10-16(11)13-7-14(8-13)17-2/h11-14H,3-10H2,1-2H3. The maximum Gasteiger partial charge on any atom is 0.0601 e. The first-order valence-electron chi connectivity index (χ1n) is 7.30. The Morgan fingerprint density at radius 2 is 1.88 bits per heavy atom. The molecule has 2 atom stereocenters. The lowest BCUT2D eigenvalue weighted by Gasteiger charge is -2.53. The van der Waals surface area contributed by atoms with Crippen LogP contribution >= 0.6 is 0 Å². The molecule has 0 N–H and O–H groups in total. The summed E-state index contributed by atoms with van der Waals surface area (Å²) in [7, 11) is 1.85. The minimum atomic E-state index is 0.539. The van der Waals surface area contributed by atoms with Crippen molar-refractivity contribution in [2.45, 2.75) is 63.3 Å². The summed E-state index contributed by atoms with van der Waals surface area (Å²) in [4.78, 5) is 5.50. The molecule has 2 saturated heterocycles. The lowest BCUT2D eigenvalue weighted by molar-refractivity contribution is -0.0760. The number of fused-ring (bicyclic) bond motifs is 1. The van der Waals surface area contributed by atoms with Crippen LogP contribution in [-0.2, 0) is 4.74 Å². The van der Waals surface area contributed by atoms with Crippen LogP contribution in [0.15, 0.2) is 0 Å². The zero-order valence-electron chi connectivity index (χ0n) is 11.3. The molecule has 2 aliphatic heterocycles. The van der Waals surface area contributed by atoms with Gasteiger partial charge in [0.05, 0.1) is 6.10 Å². The minimum absolute atomic E-state index is 0.539. The van der Waals surface area contributed by atoms with E-state index < -0.39 is 0 Å². The Labute approximate surface area is 105 Å². The van der Waals surface area contributed by atoms with Gasteiger partial charge in [0, 0.05) is 38.3 Å². The molecule has 3 aliphatic rings. The molecule has 17 heavy (non-hydrogen) atoms. The van der Waals surface area contributed by atoms with Crippen molar-refractivity contribution >= 4 is 0 Å². The van der Waals surface area contributed by atoms with Crippen LogP contribution in [0, 0.1) is 0 Å². The Bertz CT molecular complexity index is 263. The first-order valence-corrected chi connectivity index (χ1v) is 7.30. The van der Waals surface area contributed by atoms with Gasteiger partial charge in [-0.2, -0.15) is 0 Å². The number of rotatable bonds is 2. The van der Waals surface area contributed by atoms with Crippen LogP contribution in [0.3, 0.4) is 0 Å². The fraction of sp³-hybridized carbons (Fsp3) is 1.00. The third kappa shape index (κ3) is 2.25. The number of ether oxygens (including phenoxy) is 1. The third-order valence-electron chi connectivity index (χ3n) is 5.11. The first kappa shape index (κ1) is 11.9. The van der Waals surface area contributed by atoms with Gasteiger partial charge >= 0.3 is 0 Å². The topological polar surface area (TPSA) is 15.7 Å². The van der Waals surface area contributed by atoms with Crippen LogP contribution < -0.4 is 0 Å². The van der Waals surface area contributed by atoms with Crippen LogP contribution in [-0.4, -0.2) is 60.8 Å². The van der Waals surface area contributed by atoms with E-state index >= 15 is 0 Å². The van der Waals surface area contributed by atoms with Gasteiger partial charge in [-0.15, -0.1) is 0 Å². The van der Waals surface area contributed by atoms with Gasteiger partial charge in [-0.3, -0.25) is 9.80 Å². The van der Waals surface area contributed by atoms with E-state index in [0.717, 1.165) is 18.1 Å². The summed E-state index contributed by atoms with van der Waals surface area (Å²) in [6, 6.07) is 2.40. The van der Waals surface area contributed by atoms with Crippen LogP contribution in [0.2, 0.25) is 0 Å². The molecule has 0 aromatic carbocycles. The smallest absolute Gasteiger partial charge is 0.0601 e. The first-order chi connectivity index (χ1) is 8.28. The summed E-state index contributed by atoms with van der Waals surface area (Å²) in [5.41, 5.74) is 0. The third-order valence-corrected chi connectivity index (χ3v) is 5.11. The lowest BCUT2D eigenvalue weighted by atomic mass is 9.85. The van der Waals surface area contributed by atoms with Gasteiger partial charge in [0.25, 0.3) is 0 Å². The predicted octanol–water partition coefficient (Wildman–Crippen LogP) is 1.72. The second-order valence-electron chi connectivity index (χ2n) is 6.17. The predicted molar refractivity (Wildman–Crippen MR) is 69.2 cm³/mol. The molecule has 0 amide bonds. The van der Waals surface area contributed by atoms with E-state index in [1.807, 2.05) is 7.11 Å². The Balaban J connectivity index is 1.58. The van der Waals surface area contributed by atoms with Gasteiger partial charge in [0.1, 0.15) is 0 Å². The molecule has 2 heterocycles. The summed E-state index contributed by atoms with van der Waals surface area (Å²) >= 11 is 0. The van der Waals surface area contributed by atoms with Crippen molar-refractivity contribution in [2.75, 3.05) is 26.7 Å². The number of nitrogens with zero attached hydrogens (tertiary/aromatic N) is 2. The highest BCUT2D eigenvalue weighted by Crippen LogP contribution is 2.33. The zero-order valence-corrected chi connectivity index (χ0v) is 11.3. The highest BCUT2D eigenvalue weighted by atomic mass is 16.5. The van der Waals surface area contributed by atoms with Crippen molar-refractivity contribution in [1.82, 2.24) is 9.80 Å². The number of hydrogen-bond donors (Lipinski definition) is 0. The minimum Gasteiger partial charge on any atom is -0.381 e. The van der Waals surface area contributed by atoms with Gasteiger partial charge in [0.2, 0.25) is 0 Å². The van der Waals surface area contributed by atoms with E-state index in [-0.39, 0.29) is 0 Å². The maximum absolute atomic E-state index is 5.41. The molecule has 3 heteroatoms. The van der Waals surface area contributed by atoms with Crippen molar-refractivity contribution in [1.29, 1.82) is 0 Å². The number of hydrogen-bond acceptors (Lipinski definition) is 3. The molecular formula is C14H26N2O. The Hall–Kier alpha value is -0.120. The Morgan fingerprint density at radius 1 is 1.06 bits per heavy atom. The van der Waals surface area contributed by atoms with Crippen molar-refractivity contribution in [3.05, 3.63) is 0 Å². The maximum atomic E-state index is 5.41. The van der Waals surface area contributed by atoms with Crippen LogP contribution in [0.5, 0.6) is 0 Å². The largest absolute Gasteiger partial charge is 0.381 e. The second-order valence-corrected chi connectivity index (χ2v) is 6.17. The Morgan fingerprint density at radius 3 is 2.65 bits per heavy atom. The zero-order chi connectivity index (χ0) is 11.8. The van der Waals surface area contributed by atoms with Crippen molar-refractivity contribution in [2.24, 2.45) is 0 Å².